The van der Waals surface area contributed by atoms with E-state index in [-0.39, 0.29) is 65.0 Å². The number of carbonyl (C=O) groups excluding carboxylic acids is 8. The number of ketones is 3. The molecule has 0 aromatic carbocycles. The molecule has 0 aliphatic carbocycles. The average molecular weight is 1200 g/mol. The van der Waals surface area contributed by atoms with Gasteiger partial charge in [-0.1, -0.05) is 34.1 Å². The lowest BCUT2D eigenvalue weighted by Gasteiger charge is -2.39. The van der Waals surface area contributed by atoms with Crippen LogP contribution < -0.4 is 32.1 Å². The highest BCUT2D eigenvalue weighted by atomic mass is 32.2. The van der Waals surface area contributed by atoms with Gasteiger partial charge in [0.05, 0.1) is 43.5 Å². The summed E-state index contributed by atoms with van der Waals surface area (Å²) in [5.41, 5.74) is 8.34. The molecule has 80 heavy (non-hydrogen) atoms. The Labute approximate surface area is 451 Å². The monoisotopic (exact) mass is 1200 g/mol. The normalized spacial score (nSPS) is 14.2. The van der Waals surface area contributed by atoms with Gasteiger partial charge in [0.25, 0.3) is 0 Å². The van der Waals surface area contributed by atoms with E-state index in [0.29, 0.717) is 18.5 Å². The number of aromatic amines is 1. The first-order valence-corrected chi connectivity index (χ1v) is 26.0. The number of H-pyrrole nitrogens is 1. The van der Waals surface area contributed by atoms with Crippen molar-refractivity contribution in [3.05, 3.63) is 18.2 Å². The van der Waals surface area contributed by atoms with E-state index < -0.39 is 159 Å². The number of unbranched alkanes of at least 4 members (excludes halogenated alkanes) is 1. The van der Waals surface area contributed by atoms with Gasteiger partial charge in [-0.2, -0.15) is 57.1 Å². The zero-order chi connectivity index (χ0) is 62.1. The Morgan fingerprint density at radius 1 is 0.662 bits per heavy atom. The molecule has 0 bridgehead atoms. The van der Waals surface area contributed by atoms with E-state index in [1.54, 1.807) is 27.7 Å². The van der Waals surface area contributed by atoms with Crippen LogP contribution in [0.25, 0.3) is 0 Å². The minimum atomic E-state index is -8.14. The molecule has 20 nitrogen and oxygen atoms in total. The maximum Gasteiger partial charge on any atom is 0.460 e. The number of Topliss-reactive ketones (excluding diaryl/α,β-unsaturated/α-hetero) is 3. The molecule has 1 rings (SSSR count). The predicted molar refractivity (Wildman–Crippen MR) is 254 cm³/mol. The number of nitrogens with one attached hydrogen (secondary N) is 5. The molecule has 2 atom stereocenters. The summed E-state index contributed by atoms with van der Waals surface area (Å²) in [6.07, 6.45) is -10.6. The van der Waals surface area contributed by atoms with Crippen LogP contribution >= 0.6 is 0 Å². The van der Waals surface area contributed by atoms with Crippen LogP contribution in [0.15, 0.2) is 12.5 Å². The number of hydrogen-bond donors (Lipinski definition) is 7. The van der Waals surface area contributed by atoms with E-state index in [0.717, 1.165) is 4.72 Å². The fourth-order valence-electron chi connectivity index (χ4n) is 6.96. The lowest BCUT2D eigenvalue weighted by Crippen LogP contribution is -2.70. The minimum Gasteiger partial charge on any atom is -0.377 e. The molecule has 1 aromatic rings. The predicted octanol–water partition coefficient (Wildman–Crippen LogP) is 4.39. The zero-order valence-electron chi connectivity index (χ0n) is 44.4. The molecular formula is C46H67F13N8O12S. The number of ether oxygens (including phenoxy) is 2. The molecule has 0 radical (unpaired) electrons. The summed E-state index contributed by atoms with van der Waals surface area (Å²) in [4.78, 5) is 108. The van der Waals surface area contributed by atoms with Crippen LogP contribution in [0.2, 0.25) is 0 Å². The number of hydrogen-bond acceptors (Lipinski definition) is 14. The Kier molecular flexibility index (Phi) is 26.2. The largest absolute Gasteiger partial charge is 0.460 e. The molecular weight excluding hydrogens is 1140 g/mol. The second-order valence-electron chi connectivity index (χ2n) is 20.5. The summed E-state index contributed by atoms with van der Waals surface area (Å²) in [7, 11) is -4.87. The van der Waals surface area contributed by atoms with E-state index in [4.69, 9.17) is 20.9 Å². The molecule has 0 spiro atoms. The van der Waals surface area contributed by atoms with Crippen molar-refractivity contribution in [1.82, 2.24) is 30.6 Å². The van der Waals surface area contributed by atoms with Gasteiger partial charge in [0.1, 0.15) is 18.2 Å². The van der Waals surface area contributed by atoms with Gasteiger partial charge in [-0.3, -0.25) is 43.1 Å². The van der Waals surface area contributed by atoms with Crippen molar-refractivity contribution in [2.24, 2.45) is 28.2 Å². The lowest BCUT2D eigenvalue weighted by molar-refractivity contribution is -0.440. The van der Waals surface area contributed by atoms with Gasteiger partial charge in [-0.05, 0) is 33.1 Å². The third-order valence-corrected chi connectivity index (χ3v) is 13.6. The molecule has 9 N–H and O–H groups in total. The lowest BCUT2D eigenvalue weighted by atomic mass is 9.71. The SMILES string of the molecule is CC(C)(CC(=O)C(C)(C)CC(=O)C(C)(C)NC(=O)[C@@H](N)Cc1cnc[nH]1)C(=O)C[C@@H](CCCCNC(=O)COCCOCCNC(=O)CCCS(=O)(=O)NC(=O)CCC(F)(F)C(F)(F)C(F)(F)C(F)(F)C(F)(F)C(F)(F)F)C(N)=O. The first-order valence-electron chi connectivity index (χ1n) is 24.3. The van der Waals surface area contributed by atoms with E-state index in [2.05, 4.69) is 25.9 Å². The third kappa shape index (κ3) is 21.1. The molecule has 0 fully saturated rings. The van der Waals surface area contributed by atoms with Crippen LogP contribution in [0, 0.1) is 16.7 Å². The van der Waals surface area contributed by atoms with E-state index in [9.17, 15) is 104 Å². The van der Waals surface area contributed by atoms with Crippen LogP contribution in [-0.4, -0.2) is 158 Å². The van der Waals surface area contributed by atoms with Crippen LogP contribution in [0.5, 0.6) is 0 Å². The number of halogens is 13. The minimum absolute atomic E-state index is 0.0763. The molecule has 0 saturated heterocycles. The Morgan fingerprint density at radius 3 is 1.77 bits per heavy atom. The molecule has 0 saturated carbocycles. The summed E-state index contributed by atoms with van der Waals surface area (Å²) in [5.74, 6) is -46.4. The Bertz CT molecular complexity index is 2410. The molecule has 0 unspecified atom stereocenters. The maximum absolute atomic E-state index is 13.9. The number of nitrogens with zero attached hydrogens (tertiary/aromatic N) is 1. The maximum atomic E-state index is 13.9. The number of rotatable bonds is 39. The van der Waals surface area contributed by atoms with Gasteiger partial charge in [0.2, 0.25) is 39.6 Å². The van der Waals surface area contributed by atoms with Gasteiger partial charge in [-0.25, -0.2) is 13.4 Å². The number of primary amides is 1. The second kappa shape index (κ2) is 29.0. The zero-order valence-corrected chi connectivity index (χ0v) is 45.2. The first kappa shape index (κ1) is 72.5. The summed E-state index contributed by atoms with van der Waals surface area (Å²) < 4.78 is 208. The smallest absolute Gasteiger partial charge is 0.377 e. The van der Waals surface area contributed by atoms with Crippen LogP contribution in [0.1, 0.15) is 111 Å². The highest BCUT2D eigenvalue weighted by Gasteiger charge is 2.90. The van der Waals surface area contributed by atoms with Crippen molar-refractivity contribution in [3.63, 3.8) is 0 Å². The van der Waals surface area contributed by atoms with E-state index in [1.165, 1.54) is 26.4 Å². The van der Waals surface area contributed by atoms with Crippen LogP contribution in [0.4, 0.5) is 57.1 Å². The number of carbonyl (C=O) groups is 8. The molecule has 5 amide bonds. The van der Waals surface area contributed by atoms with Crippen molar-refractivity contribution in [2.75, 3.05) is 45.3 Å². The number of nitrogens with two attached hydrogens (primary N) is 2. The van der Waals surface area contributed by atoms with Crippen molar-refractivity contribution in [3.8, 4) is 0 Å². The number of alkyl halides is 13. The van der Waals surface area contributed by atoms with Crippen molar-refractivity contribution in [1.29, 1.82) is 0 Å². The fourth-order valence-corrected chi connectivity index (χ4v) is 8.04. The van der Waals surface area contributed by atoms with Gasteiger partial charge in [-0.15, -0.1) is 0 Å². The molecule has 460 valence electrons. The van der Waals surface area contributed by atoms with Crippen molar-refractivity contribution < 1.29 is 113 Å². The quantitative estimate of drug-likeness (QED) is 0.0356. The standard InChI is InChI=1S/C46H67F13N8O12S/c1-38(2,22-31(69)39(3,4)23-32(70)40(5,6)66-37(75)29(60)21-28-24-62-26-65-28)30(68)20-27(36(61)74)10-7-8-14-63-35(73)25-79-18-17-78-16-15-64-33(71)11-9-19-80(76,77)67-34(72)12-13-41(47,48)42(49,50)43(51,52)44(53,54)45(55,56)46(57,58)59/h24,26-27,29H,7-23,25,60H2,1-6H3,(H2,61,74)(H,62,65)(H,63,73)(H,64,71)(H,66,75)(H,67,72)/t27-,29+/m1/s1. The van der Waals surface area contributed by atoms with Gasteiger partial charge in [0, 0.05) is 86.7 Å². The third-order valence-electron chi connectivity index (χ3n) is 12.2. The topological polar surface area (TPSA) is 318 Å². The molecule has 0 aliphatic heterocycles. The van der Waals surface area contributed by atoms with Crippen LogP contribution in [0.3, 0.4) is 0 Å². The number of aromatic nitrogens is 2. The van der Waals surface area contributed by atoms with Gasteiger partial charge >= 0.3 is 35.8 Å². The number of imidazole rings is 1. The number of amides is 5. The van der Waals surface area contributed by atoms with Crippen molar-refractivity contribution >= 4 is 56.9 Å². The highest BCUT2D eigenvalue weighted by Crippen LogP contribution is 2.60. The Balaban J connectivity index is 2.38. The molecule has 1 heterocycles. The molecule has 0 aliphatic rings. The number of sulfonamides is 1. The van der Waals surface area contributed by atoms with E-state index >= 15 is 0 Å². The van der Waals surface area contributed by atoms with Gasteiger partial charge in [0.15, 0.2) is 5.78 Å². The van der Waals surface area contributed by atoms with Crippen LogP contribution in [-0.2, 0) is 64.3 Å². The van der Waals surface area contributed by atoms with Gasteiger partial charge < -0.3 is 41.9 Å². The second-order valence-corrected chi connectivity index (χ2v) is 22.3. The van der Waals surface area contributed by atoms with Crippen molar-refractivity contribution in [2.45, 2.75) is 160 Å². The fraction of sp³-hybridized carbons (Fsp3) is 0.761. The Morgan fingerprint density at radius 2 is 1.21 bits per heavy atom. The van der Waals surface area contributed by atoms with E-state index in [1.807, 2.05) is 0 Å². The summed E-state index contributed by atoms with van der Waals surface area (Å²) in [5, 5.41) is 7.52. The first-order chi connectivity index (χ1) is 36.2. The molecule has 1 aromatic heterocycles. The highest BCUT2D eigenvalue weighted by molar-refractivity contribution is 7.90. The summed E-state index contributed by atoms with van der Waals surface area (Å²) in [6, 6.07) is -0.984. The average Bonchev–Trinajstić information content (AvgIpc) is 3.82. The summed E-state index contributed by atoms with van der Waals surface area (Å²) in [6.45, 7) is 8.49. The summed E-state index contributed by atoms with van der Waals surface area (Å²) >= 11 is 0. The Hall–Kier alpha value is -5.51. The molecule has 34 heteroatoms.